The van der Waals surface area contributed by atoms with Crippen molar-refractivity contribution in [3.63, 3.8) is 0 Å². The van der Waals surface area contributed by atoms with Gasteiger partial charge in [0.1, 0.15) is 17.7 Å². The Balaban J connectivity index is 1.40. The van der Waals surface area contributed by atoms with Crippen LogP contribution in [-0.4, -0.2) is 56.4 Å². The molecule has 3 aromatic rings. The second-order valence-electron chi connectivity index (χ2n) is 10.7. The van der Waals surface area contributed by atoms with Gasteiger partial charge in [-0.3, -0.25) is 0 Å². The van der Waals surface area contributed by atoms with Crippen LogP contribution in [0.3, 0.4) is 0 Å². The minimum atomic E-state index is -4.51. The lowest BCUT2D eigenvalue weighted by molar-refractivity contribution is -0.0940. The molecule has 0 amide bonds. The first-order valence-corrected chi connectivity index (χ1v) is 14.5. The Morgan fingerprint density at radius 3 is 2.49 bits per heavy atom. The van der Waals surface area contributed by atoms with Crippen LogP contribution in [0.25, 0.3) is 11.8 Å². The van der Waals surface area contributed by atoms with E-state index in [0.29, 0.717) is 11.5 Å². The van der Waals surface area contributed by atoms with Gasteiger partial charge in [0.05, 0.1) is 22.5 Å². The average molecular weight is 590 g/mol. The molecule has 3 aliphatic rings. The molecule has 6 rings (SSSR count). The number of aliphatic hydroxyl groups is 1. The maximum Gasteiger partial charge on any atom is 0.412 e. The number of allylic oxidation sites excluding steroid dienone is 4. The molecule has 1 aromatic carbocycles. The van der Waals surface area contributed by atoms with Gasteiger partial charge in [-0.05, 0) is 67.7 Å². The van der Waals surface area contributed by atoms with Crippen molar-refractivity contribution in [2.24, 2.45) is 12.5 Å². The number of halogens is 4. The van der Waals surface area contributed by atoms with E-state index in [0.717, 1.165) is 29.0 Å². The van der Waals surface area contributed by atoms with Crippen LogP contribution in [0.2, 0.25) is 0 Å². The van der Waals surface area contributed by atoms with Gasteiger partial charge in [0, 0.05) is 43.5 Å². The van der Waals surface area contributed by atoms with Crippen LogP contribution in [0.1, 0.15) is 42.4 Å². The molecular formula is C28H27F4N5O3S. The Hall–Kier alpha value is -3.55. The van der Waals surface area contributed by atoms with E-state index in [1.165, 1.54) is 16.4 Å². The number of rotatable bonds is 5. The summed E-state index contributed by atoms with van der Waals surface area (Å²) in [5.41, 5.74) is 1.12. The minimum absolute atomic E-state index is 0.0832. The zero-order valence-corrected chi connectivity index (χ0v) is 22.8. The van der Waals surface area contributed by atoms with Crippen molar-refractivity contribution in [2.75, 3.05) is 13.1 Å². The standard InChI is InChI=1S/C28H27F4N5O3S/c1-35-13-11-33-26(35)25(38)27-15-18-16-34-37(22-6-4-21(29)5-7-22)24(18)14-20(27)10-12-36(17-27)41(39,40)23-8-2-19(3-9-23)28(30,31)32/h2,4-8,11,13-14,16,25,38H,3,9-10,12,15,17H2,1H3/t25?,27-/m0/s1. The zero-order chi connectivity index (χ0) is 29.2. The van der Waals surface area contributed by atoms with Crippen LogP contribution in [0, 0.1) is 11.2 Å². The second-order valence-corrected chi connectivity index (χ2v) is 12.6. The van der Waals surface area contributed by atoms with E-state index >= 15 is 0 Å². The number of hydrogen-bond donors (Lipinski definition) is 1. The van der Waals surface area contributed by atoms with Crippen molar-refractivity contribution in [3.8, 4) is 5.69 Å². The van der Waals surface area contributed by atoms with Crippen LogP contribution in [0.5, 0.6) is 0 Å². The van der Waals surface area contributed by atoms with E-state index < -0.39 is 39.7 Å². The highest BCUT2D eigenvalue weighted by Crippen LogP contribution is 2.52. The number of aromatic nitrogens is 4. The number of sulfonamides is 1. The van der Waals surface area contributed by atoms with Crippen LogP contribution in [0.15, 0.2) is 71.1 Å². The summed E-state index contributed by atoms with van der Waals surface area (Å²) in [4.78, 5) is 4.25. The quantitative estimate of drug-likeness (QED) is 0.439. The molecule has 216 valence electrons. The fourth-order valence-corrected chi connectivity index (χ4v) is 7.70. The molecule has 2 aliphatic carbocycles. The zero-order valence-electron chi connectivity index (χ0n) is 22.0. The van der Waals surface area contributed by atoms with Crippen molar-refractivity contribution in [2.45, 2.75) is 38.0 Å². The van der Waals surface area contributed by atoms with E-state index in [1.54, 1.807) is 47.0 Å². The van der Waals surface area contributed by atoms with Gasteiger partial charge in [0.15, 0.2) is 0 Å². The maximum atomic E-state index is 13.7. The molecule has 1 fully saturated rings. The first-order valence-electron chi connectivity index (χ1n) is 13.1. The molecule has 8 nitrogen and oxygen atoms in total. The third kappa shape index (κ3) is 4.65. The van der Waals surface area contributed by atoms with Crippen LogP contribution < -0.4 is 0 Å². The van der Waals surface area contributed by atoms with Gasteiger partial charge in [-0.15, -0.1) is 0 Å². The molecule has 1 aliphatic heterocycles. The number of piperidine rings is 1. The lowest BCUT2D eigenvalue weighted by atomic mass is 9.65. The Kier molecular flexibility index (Phi) is 6.58. The molecule has 0 bridgehead atoms. The van der Waals surface area contributed by atoms with E-state index in [-0.39, 0.29) is 43.1 Å². The van der Waals surface area contributed by atoms with Gasteiger partial charge in [-0.2, -0.15) is 22.6 Å². The monoisotopic (exact) mass is 589 g/mol. The molecule has 13 heteroatoms. The number of aryl methyl sites for hydroxylation is 1. The molecule has 0 spiro atoms. The number of nitrogens with zero attached hydrogens (tertiary/aromatic N) is 5. The third-order valence-electron chi connectivity index (χ3n) is 8.28. The van der Waals surface area contributed by atoms with Gasteiger partial charge in [-0.1, -0.05) is 11.6 Å². The van der Waals surface area contributed by atoms with Gasteiger partial charge in [0.2, 0.25) is 10.0 Å². The molecule has 3 heterocycles. The van der Waals surface area contributed by atoms with Gasteiger partial charge >= 0.3 is 6.18 Å². The number of fused-ring (bicyclic) bond motifs is 2. The summed E-state index contributed by atoms with van der Waals surface area (Å²) < 4.78 is 85.0. The van der Waals surface area contributed by atoms with Crippen molar-refractivity contribution >= 4 is 16.1 Å². The number of benzene rings is 1. The number of hydrogen-bond acceptors (Lipinski definition) is 5. The van der Waals surface area contributed by atoms with Crippen molar-refractivity contribution < 1.29 is 31.1 Å². The Morgan fingerprint density at radius 1 is 1.10 bits per heavy atom. The molecule has 41 heavy (non-hydrogen) atoms. The smallest absolute Gasteiger partial charge is 0.384 e. The predicted octanol–water partition coefficient (Wildman–Crippen LogP) is 4.61. The van der Waals surface area contributed by atoms with Crippen molar-refractivity contribution in [1.29, 1.82) is 0 Å². The molecule has 2 atom stereocenters. The third-order valence-corrected chi connectivity index (χ3v) is 10.3. The minimum Gasteiger partial charge on any atom is -0.384 e. The topological polar surface area (TPSA) is 93.2 Å². The van der Waals surface area contributed by atoms with E-state index in [9.17, 15) is 31.1 Å². The first kappa shape index (κ1) is 27.6. The number of aliphatic hydroxyl groups excluding tert-OH is 1. The molecule has 2 aromatic heterocycles. The SMILES string of the molecule is Cn1ccnc1C(O)[C@]12Cc3cnn(-c4ccc(F)cc4)c3C=C1CCN(S(=O)(=O)C1=CC=C(C(F)(F)F)CC1)C2. The molecule has 1 unspecified atom stereocenters. The van der Waals surface area contributed by atoms with E-state index in [1.807, 2.05) is 6.08 Å². The van der Waals surface area contributed by atoms with Crippen molar-refractivity contribution in [3.05, 3.63) is 94.0 Å². The lowest BCUT2D eigenvalue weighted by Crippen LogP contribution is -2.52. The first-order chi connectivity index (χ1) is 19.4. The Bertz CT molecular complexity index is 1700. The van der Waals surface area contributed by atoms with Crippen LogP contribution in [-0.2, 0) is 23.5 Å². The Labute approximate surface area is 234 Å². The van der Waals surface area contributed by atoms with E-state index in [4.69, 9.17) is 0 Å². The summed E-state index contributed by atoms with van der Waals surface area (Å²) in [5, 5.41) is 16.3. The van der Waals surface area contributed by atoms with Gasteiger partial charge in [0.25, 0.3) is 0 Å². The second kappa shape index (κ2) is 9.78. The summed E-state index contributed by atoms with van der Waals surface area (Å²) in [6.45, 7) is -0.0000527. The molecule has 0 radical (unpaired) electrons. The average Bonchev–Trinajstić information content (AvgIpc) is 3.56. The Morgan fingerprint density at radius 2 is 1.85 bits per heavy atom. The molecule has 1 saturated heterocycles. The molecule has 0 saturated carbocycles. The molecular weight excluding hydrogens is 562 g/mol. The molecule has 1 N–H and O–H groups in total. The fraction of sp³-hybridized carbons (Fsp3) is 0.357. The van der Waals surface area contributed by atoms with Crippen LogP contribution in [0.4, 0.5) is 17.6 Å². The predicted molar refractivity (Wildman–Crippen MR) is 142 cm³/mol. The van der Waals surface area contributed by atoms with E-state index in [2.05, 4.69) is 10.1 Å². The van der Waals surface area contributed by atoms with Crippen molar-refractivity contribution in [1.82, 2.24) is 23.6 Å². The lowest BCUT2D eigenvalue weighted by Gasteiger charge is -2.48. The maximum absolute atomic E-state index is 13.7. The highest BCUT2D eigenvalue weighted by molar-refractivity contribution is 7.93. The summed E-state index contributed by atoms with van der Waals surface area (Å²) in [6.07, 6.45) is 2.83. The highest BCUT2D eigenvalue weighted by Gasteiger charge is 2.52. The normalized spacial score (nSPS) is 22.3. The summed E-state index contributed by atoms with van der Waals surface area (Å²) in [7, 11) is -2.38. The van der Waals surface area contributed by atoms with Crippen LogP contribution >= 0.6 is 0 Å². The largest absolute Gasteiger partial charge is 0.412 e. The fourth-order valence-electron chi connectivity index (χ4n) is 6.04. The highest BCUT2D eigenvalue weighted by atomic mass is 32.2. The number of alkyl halides is 3. The summed E-state index contributed by atoms with van der Waals surface area (Å²) >= 11 is 0. The summed E-state index contributed by atoms with van der Waals surface area (Å²) in [6, 6.07) is 5.89. The van der Waals surface area contributed by atoms with Gasteiger partial charge < -0.3 is 9.67 Å². The summed E-state index contributed by atoms with van der Waals surface area (Å²) in [5.74, 6) is -0.0173. The number of imidazole rings is 1. The van der Waals surface area contributed by atoms with Gasteiger partial charge in [-0.25, -0.2) is 22.5 Å².